The summed E-state index contributed by atoms with van der Waals surface area (Å²) < 4.78 is 46.3. The van der Waals surface area contributed by atoms with Crippen LogP contribution in [0.5, 0.6) is 0 Å². The molecule has 0 fully saturated rings. The normalized spacial score (nSPS) is 17.5. The Labute approximate surface area is 58.8 Å². The van der Waals surface area contributed by atoms with Gasteiger partial charge >= 0.3 is 12.1 Å². The molecule has 0 saturated carbocycles. The SMILES string of the molecule is NC(C(F)C(=O)O)C(F)(F)F. The summed E-state index contributed by atoms with van der Waals surface area (Å²) in [6.45, 7) is 0. The Balaban J connectivity index is 4.25. The van der Waals surface area contributed by atoms with Crippen molar-refractivity contribution in [3.05, 3.63) is 0 Å². The van der Waals surface area contributed by atoms with Gasteiger partial charge in [0, 0.05) is 0 Å². The van der Waals surface area contributed by atoms with Crippen LogP contribution in [0.2, 0.25) is 0 Å². The first-order valence-corrected chi connectivity index (χ1v) is 2.46. The van der Waals surface area contributed by atoms with E-state index in [0.717, 1.165) is 0 Å². The van der Waals surface area contributed by atoms with Gasteiger partial charge in [-0.3, -0.25) is 0 Å². The fourth-order valence-corrected chi connectivity index (χ4v) is 0.320. The van der Waals surface area contributed by atoms with Gasteiger partial charge in [0.15, 0.2) is 0 Å². The summed E-state index contributed by atoms with van der Waals surface area (Å²) in [5.41, 5.74) is 4.21. The standard InChI is InChI=1S/C4H5F4NO2/c5-1(3(10)11)2(9)4(6,7)8/h1-2H,9H2,(H,10,11). The third kappa shape index (κ3) is 2.71. The molecule has 3 N–H and O–H groups in total. The predicted molar refractivity (Wildman–Crippen MR) is 26.6 cm³/mol. The van der Waals surface area contributed by atoms with Crippen molar-refractivity contribution in [1.29, 1.82) is 0 Å². The van der Waals surface area contributed by atoms with Crippen LogP contribution in [0, 0.1) is 0 Å². The van der Waals surface area contributed by atoms with Crippen LogP contribution in [-0.4, -0.2) is 29.5 Å². The van der Waals surface area contributed by atoms with Crippen molar-refractivity contribution in [3.63, 3.8) is 0 Å². The van der Waals surface area contributed by atoms with E-state index in [0.29, 0.717) is 0 Å². The Morgan fingerprint density at radius 2 is 1.82 bits per heavy atom. The molecule has 0 aliphatic heterocycles. The van der Waals surface area contributed by atoms with E-state index < -0.39 is 24.4 Å². The average molecular weight is 175 g/mol. The van der Waals surface area contributed by atoms with Gasteiger partial charge in [-0.1, -0.05) is 0 Å². The largest absolute Gasteiger partial charge is 0.479 e. The van der Waals surface area contributed by atoms with E-state index in [-0.39, 0.29) is 0 Å². The summed E-state index contributed by atoms with van der Waals surface area (Å²) in [7, 11) is 0. The van der Waals surface area contributed by atoms with Gasteiger partial charge in [0.25, 0.3) is 0 Å². The second-order valence-corrected chi connectivity index (χ2v) is 1.81. The van der Waals surface area contributed by atoms with E-state index in [1.807, 2.05) is 0 Å². The molecule has 2 atom stereocenters. The number of aliphatic carboxylic acids is 1. The number of rotatable bonds is 2. The molecule has 0 amide bonds. The Morgan fingerprint density at radius 3 is 1.91 bits per heavy atom. The lowest BCUT2D eigenvalue weighted by molar-refractivity contribution is -0.174. The lowest BCUT2D eigenvalue weighted by Crippen LogP contribution is -2.48. The number of nitrogens with two attached hydrogens (primary N) is 1. The Morgan fingerprint density at radius 1 is 1.45 bits per heavy atom. The highest BCUT2D eigenvalue weighted by molar-refractivity contribution is 5.73. The van der Waals surface area contributed by atoms with Crippen molar-refractivity contribution < 1.29 is 27.5 Å². The molecule has 0 aromatic heterocycles. The summed E-state index contributed by atoms with van der Waals surface area (Å²) in [6, 6.07) is -2.96. The van der Waals surface area contributed by atoms with Crippen LogP contribution >= 0.6 is 0 Å². The van der Waals surface area contributed by atoms with Crippen LogP contribution in [0.15, 0.2) is 0 Å². The smallest absolute Gasteiger partial charge is 0.407 e. The third-order valence-electron chi connectivity index (χ3n) is 0.929. The van der Waals surface area contributed by atoms with Crippen LogP contribution in [-0.2, 0) is 4.79 Å². The number of hydrogen-bond donors (Lipinski definition) is 2. The Bertz CT molecular complexity index is 157. The Hall–Kier alpha value is -0.850. The molecule has 3 nitrogen and oxygen atoms in total. The molecule has 0 bridgehead atoms. The maximum atomic E-state index is 12.0. The highest BCUT2D eigenvalue weighted by Crippen LogP contribution is 2.22. The van der Waals surface area contributed by atoms with E-state index in [1.54, 1.807) is 0 Å². The number of carboxylic acid groups (broad SMARTS) is 1. The number of carboxylic acids is 1. The molecule has 0 heterocycles. The van der Waals surface area contributed by atoms with Crippen LogP contribution in [0.1, 0.15) is 0 Å². The van der Waals surface area contributed by atoms with Crippen molar-refractivity contribution >= 4 is 5.97 Å². The second-order valence-electron chi connectivity index (χ2n) is 1.81. The first-order valence-electron chi connectivity index (χ1n) is 2.46. The van der Waals surface area contributed by atoms with Crippen molar-refractivity contribution in [2.45, 2.75) is 18.4 Å². The summed E-state index contributed by atoms with van der Waals surface area (Å²) in [5, 5.41) is 7.76. The highest BCUT2D eigenvalue weighted by Gasteiger charge is 2.45. The Kier molecular flexibility index (Phi) is 2.80. The zero-order chi connectivity index (χ0) is 9.23. The molecule has 0 saturated heterocycles. The molecular formula is C4H5F4NO2. The van der Waals surface area contributed by atoms with Gasteiger partial charge < -0.3 is 10.8 Å². The summed E-state index contributed by atoms with van der Waals surface area (Å²) in [6.07, 6.45) is -8.12. The molecule has 2 unspecified atom stereocenters. The molecule has 0 aliphatic rings. The van der Waals surface area contributed by atoms with Crippen molar-refractivity contribution in [2.24, 2.45) is 5.73 Å². The fourth-order valence-electron chi connectivity index (χ4n) is 0.320. The number of carbonyl (C=O) groups is 1. The van der Waals surface area contributed by atoms with Crippen molar-refractivity contribution in [1.82, 2.24) is 0 Å². The minimum Gasteiger partial charge on any atom is -0.479 e. The highest BCUT2D eigenvalue weighted by atomic mass is 19.4. The van der Waals surface area contributed by atoms with Gasteiger partial charge in [-0.15, -0.1) is 0 Å². The molecular weight excluding hydrogens is 170 g/mol. The minimum absolute atomic E-state index is 2.21. The topological polar surface area (TPSA) is 63.3 Å². The lowest BCUT2D eigenvalue weighted by Gasteiger charge is -2.15. The third-order valence-corrected chi connectivity index (χ3v) is 0.929. The maximum absolute atomic E-state index is 12.0. The van der Waals surface area contributed by atoms with Crippen molar-refractivity contribution in [2.75, 3.05) is 0 Å². The number of alkyl halides is 4. The molecule has 0 aromatic rings. The van der Waals surface area contributed by atoms with E-state index in [4.69, 9.17) is 5.11 Å². The predicted octanol–water partition coefficient (Wildman–Crippen LogP) is 0.299. The zero-order valence-electron chi connectivity index (χ0n) is 5.10. The second kappa shape index (κ2) is 3.04. The average Bonchev–Trinajstić information content (AvgIpc) is 1.82. The van der Waals surface area contributed by atoms with Gasteiger partial charge in [0.2, 0.25) is 6.17 Å². The molecule has 0 radical (unpaired) electrons. The molecule has 0 aliphatic carbocycles. The van der Waals surface area contributed by atoms with Gasteiger partial charge in [0.1, 0.15) is 6.04 Å². The molecule has 11 heavy (non-hydrogen) atoms. The van der Waals surface area contributed by atoms with Crippen LogP contribution < -0.4 is 5.73 Å². The maximum Gasteiger partial charge on any atom is 0.407 e. The zero-order valence-corrected chi connectivity index (χ0v) is 5.10. The minimum atomic E-state index is -5.02. The molecule has 0 aromatic carbocycles. The van der Waals surface area contributed by atoms with E-state index in [1.165, 1.54) is 0 Å². The number of halogens is 4. The molecule has 66 valence electrons. The first-order chi connectivity index (χ1) is 4.76. The fraction of sp³-hybridized carbons (Fsp3) is 0.750. The first kappa shape index (κ1) is 10.2. The monoisotopic (exact) mass is 175 g/mol. The van der Waals surface area contributed by atoms with E-state index >= 15 is 0 Å². The van der Waals surface area contributed by atoms with E-state index in [2.05, 4.69) is 5.73 Å². The van der Waals surface area contributed by atoms with E-state index in [9.17, 15) is 22.4 Å². The van der Waals surface area contributed by atoms with Crippen molar-refractivity contribution in [3.8, 4) is 0 Å². The quantitative estimate of drug-likeness (QED) is 0.593. The summed E-state index contributed by atoms with van der Waals surface area (Å²) in [4.78, 5) is 9.63. The molecule has 0 rings (SSSR count). The lowest BCUT2D eigenvalue weighted by atomic mass is 10.2. The summed E-state index contributed by atoms with van der Waals surface area (Å²) in [5.74, 6) is -2.21. The molecule has 0 spiro atoms. The van der Waals surface area contributed by atoms with Gasteiger partial charge in [-0.25, -0.2) is 9.18 Å². The molecule has 7 heteroatoms. The van der Waals surface area contributed by atoms with Crippen LogP contribution in [0.25, 0.3) is 0 Å². The summed E-state index contributed by atoms with van der Waals surface area (Å²) >= 11 is 0. The van der Waals surface area contributed by atoms with Crippen LogP contribution in [0.4, 0.5) is 17.6 Å². The van der Waals surface area contributed by atoms with Gasteiger partial charge in [-0.2, -0.15) is 13.2 Å². The number of hydrogen-bond acceptors (Lipinski definition) is 2. The van der Waals surface area contributed by atoms with Crippen LogP contribution in [0.3, 0.4) is 0 Å². The van der Waals surface area contributed by atoms with Gasteiger partial charge in [-0.05, 0) is 0 Å². The van der Waals surface area contributed by atoms with Gasteiger partial charge in [0.05, 0.1) is 0 Å².